The predicted molar refractivity (Wildman–Crippen MR) is 72.7 cm³/mol. The van der Waals surface area contributed by atoms with E-state index in [-0.39, 0.29) is 0 Å². The second-order valence-electron chi connectivity index (χ2n) is 5.50. The van der Waals surface area contributed by atoms with E-state index in [9.17, 15) is 5.11 Å². The lowest BCUT2D eigenvalue weighted by Crippen LogP contribution is -2.28. The smallest absolute Gasteiger partial charge is 0.116 e. The molecule has 1 nitrogen and oxygen atoms in total. The Balaban J connectivity index is 1.98. The normalized spacial score (nSPS) is 27.4. The Bertz CT molecular complexity index is 427. The maximum Gasteiger partial charge on any atom is 0.116 e. The van der Waals surface area contributed by atoms with Crippen molar-refractivity contribution in [3.8, 4) is 5.75 Å². The lowest BCUT2D eigenvalue weighted by molar-refractivity contribution is 0.219. The van der Waals surface area contributed by atoms with Crippen molar-refractivity contribution < 1.29 is 5.11 Å². The fourth-order valence-corrected chi connectivity index (χ4v) is 4.35. The number of rotatable bonds is 1. The summed E-state index contributed by atoms with van der Waals surface area (Å²) in [5.41, 5.74) is 2.94. The van der Waals surface area contributed by atoms with Gasteiger partial charge >= 0.3 is 0 Å². The maximum absolute atomic E-state index is 9.78. The Morgan fingerprint density at radius 3 is 2.53 bits per heavy atom. The molecule has 1 aromatic rings. The molecule has 0 unspecified atom stereocenters. The number of aromatic hydroxyl groups is 1. The van der Waals surface area contributed by atoms with Crippen LogP contribution in [0.1, 0.15) is 36.8 Å². The maximum atomic E-state index is 9.78. The van der Waals surface area contributed by atoms with Crippen LogP contribution in [0.25, 0.3) is 0 Å². The Morgan fingerprint density at radius 1 is 1.12 bits per heavy atom. The standard InChI is InChI=1S/C15H20OS/c1-17-15-9-13(16)7-12-6-10-4-2-3-5-11(10)8-14(12)15/h7,9-11,16H,2-6,8H2,1H3/t10-,11-/m0/s1. The molecule has 2 atom stereocenters. The predicted octanol–water partition coefficient (Wildman–Crippen LogP) is 4.02. The zero-order valence-electron chi connectivity index (χ0n) is 10.4. The van der Waals surface area contributed by atoms with Crippen molar-refractivity contribution in [2.75, 3.05) is 6.26 Å². The molecule has 1 aromatic carbocycles. The Kier molecular flexibility index (Phi) is 3.08. The van der Waals surface area contributed by atoms with Gasteiger partial charge < -0.3 is 5.11 Å². The fourth-order valence-electron chi connectivity index (χ4n) is 3.65. The fraction of sp³-hybridized carbons (Fsp3) is 0.600. The minimum atomic E-state index is 0.447. The molecule has 3 rings (SSSR count). The van der Waals surface area contributed by atoms with Crippen LogP contribution in [0.5, 0.6) is 5.75 Å². The van der Waals surface area contributed by atoms with Crippen LogP contribution in [0.4, 0.5) is 0 Å². The summed E-state index contributed by atoms with van der Waals surface area (Å²) in [5, 5.41) is 9.78. The molecule has 0 aliphatic heterocycles. The lowest BCUT2D eigenvalue weighted by Gasteiger charge is -2.37. The van der Waals surface area contributed by atoms with E-state index in [0.29, 0.717) is 5.75 Å². The minimum absolute atomic E-state index is 0.447. The van der Waals surface area contributed by atoms with Gasteiger partial charge in [0.15, 0.2) is 0 Å². The van der Waals surface area contributed by atoms with E-state index in [1.54, 1.807) is 11.8 Å². The molecule has 0 spiro atoms. The van der Waals surface area contributed by atoms with Crippen LogP contribution in [0, 0.1) is 11.8 Å². The number of benzene rings is 1. The van der Waals surface area contributed by atoms with Gasteiger partial charge in [0.05, 0.1) is 0 Å². The number of hydrogen-bond acceptors (Lipinski definition) is 2. The highest BCUT2D eigenvalue weighted by molar-refractivity contribution is 7.98. The molecular formula is C15H20OS. The molecule has 1 N–H and O–H groups in total. The zero-order valence-corrected chi connectivity index (χ0v) is 11.2. The van der Waals surface area contributed by atoms with E-state index in [4.69, 9.17) is 0 Å². The van der Waals surface area contributed by atoms with Crippen molar-refractivity contribution in [2.45, 2.75) is 43.4 Å². The first-order chi connectivity index (χ1) is 8.28. The van der Waals surface area contributed by atoms with Crippen LogP contribution in [-0.4, -0.2) is 11.4 Å². The summed E-state index contributed by atoms with van der Waals surface area (Å²) in [6.45, 7) is 0. The summed E-state index contributed by atoms with van der Waals surface area (Å²) in [4.78, 5) is 1.30. The minimum Gasteiger partial charge on any atom is -0.508 e. The number of phenolic OH excluding ortho intramolecular Hbond substituents is 1. The number of hydrogen-bond donors (Lipinski definition) is 1. The van der Waals surface area contributed by atoms with E-state index in [1.165, 1.54) is 54.5 Å². The van der Waals surface area contributed by atoms with Gasteiger partial charge in [0.25, 0.3) is 0 Å². The molecule has 0 amide bonds. The first-order valence-corrected chi connectivity index (χ1v) is 7.89. The molecule has 0 radical (unpaired) electrons. The third kappa shape index (κ3) is 2.08. The van der Waals surface area contributed by atoms with Crippen molar-refractivity contribution in [1.29, 1.82) is 0 Å². The lowest BCUT2D eigenvalue weighted by atomic mass is 9.69. The average Bonchev–Trinajstić information content (AvgIpc) is 2.35. The third-order valence-corrected chi connectivity index (χ3v) is 5.33. The summed E-state index contributed by atoms with van der Waals surface area (Å²) in [6, 6.07) is 3.94. The highest BCUT2D eigenvalue weighted by atomic mass is 32.2. The highest BCUT2D eigenvalue weighted by Gasteiger charge is 2.31. The Morgan fingerprint density at radius 2 is 1.82 bits per heavy atom. The summed E-state index contributed by atoms with van der Waals surface area (Å²) in [6.07, 6.45) is 10.2. The van der Waals surface area contributed by atoms with Crippen LogP contribution in [0.15, 0.2) is 17.0 Å². The molecule has 2 aliphatic carbocycles. The second-order valence-corrected chi connectivity index (χ2v) is 6.35. The van der Waals surface area contributed by atoms with Crippen molar-refractivity contribution in [3.05, 3.63) is 23.3 Å². The zero-order chi connectivity index (χ0) is 11.8. The van der Waals surface area contributed by atoms with E-state index in [1.807, 2.05) is 12.1 Å². The van der Waals surface area contributed by atoms with Gasteiger partial charge in [0, 0.05) is 4.90 Å². The largest absolute Gasteiger partial charge is 0.508 e. The summed E-state index contributed by atoms with van der Waals surface area (Å²) in [7, 11) is 0. The molecule has 1 saturated carbocycles. The first kappa shape index (κ1) is 11.5. The number of thioether (sulfide) groups is 1. The van der Waals surface area contributed by atoms with Gasteiger partial charge in [-0.3, -0.25) is 0 Å². The molecule has 0 aromatic heterocycles. The summed E-state index contributed by atoms with van der Waals surface area (Å²) in [5.74, 6) is 2.24. The molecule has 92 valence electrons. The SMILES string of the molecule is CSc1cc(O)cc2c1C[C@@H]1CCCC[C@H]1C2. The monoisotopic (exact) mass is 248 g/mol. The van der Waals surface area contributed by atoms with E-state index in [2.05, 4.69) is 6.26 Å². The molecule has 0 heterocycles. The van der Waals surface area contributed by atoms with Crippen molar-refractivity contribution >= 4 is 11.8 Å². The first-order valence-electron chi connectivity index (χ1n) is 6.66. The topological polar surface area (TPSA) is 20.2 Å². The van der Waals surface area contributed by atoms with Gasteiger partial charge in [-0.1, -0.05) is 12.8 Å². The number of phenols is 1. The van der Waals surface area contributed by atoms with E-state index < -0.39 is 0 Å². The van der Waals surface area contributed by atoms with Gasteiger partial charge in [-0.05, 0) is 67.0 Å². The van der Waals surface area contributed by atoms with Crippen LogP contribution >= 0.6 is 11.8 Å². The Hall–Kier alpha value is -0.630. The molecular weight excluding hydrogens is 228 g/mol. The molecule has 2 heteroatoms. The second kappa shape index (κ2) is 4.56. The van der Waals surface area contributed by atoms with Crippen LogP contribution < -0.4 is 0 Å². The molecule has 0 saturated heterocycles. The van der Waals surface area contributed by atoms with Crippen LogP contribution in [-0.2, 0) is 12.8 Å². The quantitative estimate of drug-likeness (QED) is 0.757. The number of fused-ring (bicyclic) bond motifs is 2. The van der Waals surface area contributed by atoms with Crippen LogP contribution in [0.2, 0.25) is 0 Å². The molecule has 1 fully saturated rings. The molecule has 17 heavy (non-hydrogen) atoms. The Labute approximate surface area is 108 Å². The van der Waals surface area contributed by atoms with Crippen LogP contribution in [0.3, 0.4) is 0 Å². The van der Waals surface area contributed by atoms with Gasteiger partial charge in [0.2, 0.25) is 0 Å². The van der Waals surface area contributed by atoms with Crippen molar-refractivity contribution in [1.82, 2.24) is 0 Å². The van der Waals surface area contributed by atoms with Crippen molar-refractivity contribution in [2.24, 2.45) is 11.8 Å². The molecule has 2 aliphatic rings. The third-order valence-electron chi connectivity index (χ3n) is 4.52. The van der Waals surface area contributed by atoms with Gasteiger partial charge in [0.1, 0.15) is 5.75 Å². The average molecular weight is 248 g/mol. The van der Waals surface area contributed by atoms with Gasteiger partial charge in [-0.15, -0.1) is 11.8 Å². The summed E-state index contributed by atoms with van der Waals surface area (Å²) < 4.78 is 0. The van der Waals surface area contributed by atoms with Gasteiger partial charge in [-0.2, -0.15) is 0 Å². The molecule has 0 bridgehead atoms. The highest BCUT2D eigenvalue weighted by Crippen LogP contribution is 2.43. The van der Waals surface area contributed by atoms with E-state index >= 15 is 0 Å². The van der Waals surface area contributed by atoms with Gasteiger partial charge in [-0.25, -0.2) is 0 Å². The van der Waals surface area contributed by atoms with Crippen molar-refractivity contribution in [3.63, 3.8) is 0 Å². The summed E-state index contributed by atoms with van der Waals surface area (Å²) >= 11 is 1.78. The van der Waals surface area contributed by atoms with E-state index in [0.717, 1.165) is 11.8 Å².